The van der Waals surface area contributed by atoms with Gasteiger partial charge in [0, 0.05) is 43.7 Å². The maximum atomic E-state index is 2.49. The van der Waals surface area contributed by atoms with Gasteiger partial charge < -0.3 is 9.13 Å². The summed E-state index contributed by atoms with van der Waals surface area (Å²) in [5, 5.41) is 7.44. The van der Waals surface area contributed by atoms with Crippen LogP contribution in [0.3, 0.4) is 0 Å². The SMILES string of the molecule is c1ccc(-c2ccc3c(c2)c2cc(-c4ccccc4)ccc2n3-c2ccccc2-c2ccccc2-c2cccc3c4ccc5ccccc5c4n(-c4ccccc4)c23)cc1. The molecule has 0 fully saturated rings. The molecular weight excluding hydrogens is 725 g/mol. The van der Waals surface area contributed by atoms with Gasteiger partial charge in [0.05, 0.1) is 27.8 Å². The monoisotopic (exact) mass is 762 g/mol. The van der Waals surface area contributed by atoms with Crippen molar-refractivity contribution in [3.8, 4) is 55.9 Å². The second-order valence-corrected chi connectivity index (χ2v) is 15.6. The van der Waals surface area contributed by atoms with Gasteiger partial charge >= 0.3 is 0 Å². The van der Waals surface area contributed by atoms with Crippen LogP contribution in [0.4, 0.5) is 0 Å². The van der Waals surface area contributed by atoms with Crippen LogP contribution in [0.2, 0.25) is 0 Å². The molecule has 60 heavy (non-hydrogen) atoms. The van der Waals surface area contributed by atoms with Crippen LogP contribution in [0.25, 0.3) is 110 Å². The highest BCUT2D eigenvalue weighted by Crippen LogP contribution is 2.45. The number of hydrogen-bond donors (Lipinski definition) is 0. The summed E-state index contributed by atoms with van der Waals surface area (Å²) >= 11 is 0. The van der Waals surface area contributed by atoms with Gasteiger partial charge in [-0.15, -0.1) is 0 Å². The van der Waals surface area contributed by atoms with E-state index in [1.807, 2.05) is 0 Å². The molecule has 0 bridgehead atoms. The predicted octanol–water partition coefficient (Wildman–Crippen LogP) is 15.7. The van der Waals surface area contributed by atoms with Crippen molar-refractivity contribution in [1.29, 1.82) is 0 Å². The fourth-order valence-corrected chi connectivity index (χ4v) is 9.63. The van der Waals surface area contributed by atoms with Gasteiger partial charge in [0.15, 0.2) is 0 Å². The van der Waals surface area contributed by atoms with Gasteiger partial charge in [-0.1, -0.05) is 188 Å². The standard InChI is InChI=1S/C58H38N2/c1-4-17-39(18-5-1)42-32-35-55-52(37-42)53-38-43(40-19-6-2-7-20-40)33-36-56(53)60(55)54-30-15-14-27-48(54)46-25-12-13-26-47(46)49-28-16-29-50-51-34-31-41-21-10-11-24-45(41)57(51)59(58(49)50)44-22-8-3-9-23-44/h1-38H. The molecule has 0 amide bonds. The summed E-state index contributed by atoms with van der Waals surface area (Å²) in [4.78, 5) is 0. The van der Waals surface area contributed by atoms with E-state index in [9.17, 15) is 0 Å². The van der Waals surface area contributed by atoms with Crippen molar-refractivity contribution in [2.45, 2.75) is 0 Å². The van der Waals surface area contributed by atoms with Crippen molar-refractivity contribution in [2.24, 2.45) is 0 Å². The molecule has 0 unspecified atom stereocenters. The molecule has 12 aromatic rings. The summed E-state index contributed by atoms with van der Waals surface area (Å²) in [7, 11) is 0. The lowest BCUT2D eigenvalue weighted by Gasteiger charge is -2.18. The van der Waals surface area contributed by atoms with Gasteiger partial charge in [-0.05, 0) is 81.2 Å². The topological polar surface area (TPSA) is 9.86 Å². The van der Waals surface area contributed by atoms with Gasteiger partial charge in [0.1, 0.15) is 0 Å². The van der Waals surface area contributed by atoms with E-state index in [4.69, 9.17) is 0 Å². The molecule has 2 nitrogen and oxygen atoms in total. The minimum atomic E-state index is 1.15. The third-order valence-electron chi connectivity index (χ3n) is 12.3. The van der Waals surface area contributed by atoms with Crippen molar-refractivity contribution >= 4 is 54.4 Å². The van der Waals surface area contributed by atoms with E-state index >= 15 is 0 Å². The van der Waals surface area contributed by atoms with E-state index in [2.05, 4.69) is 240 Å². The molecule has 2 heteroatoms. The summed E-state index contributed by atoms with van der Waals surface area (Å²) in [6, 6.07) is 84.2. The number of para-hydroxylation sites is 3. The van der Waals surface area contributed by atoms with Crippen LogP contribution in [0.5, 0.6) is 0 Å². The molecule has 280 valence electrons. The zero-order chi connectivity index (χ0) is 39.6. The van der Waals surface area contributed by atoms with Gasteiger partial charge in [-0.25, -0.2) is 0 Å². The van der Waals surface area contributed by atoms with E-state index < -0.39 is 0 Å². The first-order chi connectivity index (χ1) is 29.8. The Kier molecular flexibility index (Phi) is 7.89. The molecule has 10 aromatic carbocycles. The zero-order valence-corrected chi connectivity index (χ0v) is 32.8. The van der Waals surface area contributed by atoms with Gasteiger partial charge in [0.25, 0.3) is 0 Å². The molecule has 0 saturated heterocycles. The van der Waals surface area contributed by atoms with Crippen LogP contribution in [0, 0.1) is 0 Å². The Morgan fingerprint density at radius 2 is 0.750 bits per heavy atom. The Balaban J connectivity index is 1.13. The van der Waals surface area contributed by atoms with Gasteiger partial charge in [-0.2, -0.15) is 0 Å². The third kappa shape index (κ3) is 5.35. The first-order valence-corrected chi connectivity index (χ1v) is 20.7. The summed E-state index contributed by atoms with van der Waals surface area (Å²) in [6.07, 6.45) is 0. The maximum absolute atomic E-state index is 2.49. The summed E-state index contributed by atoms with van der Waals surface area (Å²) in [5.74, 6) is 0. The minimum absolute atomic E-state index is 1.15. The highest BCUT2D eigenvalue weighted by molar-refractivity contribution is 6.21. The third-order valence-corrected chi connectivity index (χ3v) is 12.3. The quantitative estimate of drug-likeness (QED) is 0.160. The number of nitrogens with zero attached hydrogens (tertiary/aromatic N) is 2. The number of hydrogen-bond acceptors (Lipinski definition) is 0. The average molecular weight is 763 g/mol. The van der Waals surface area contributed by atoms with E-state index in [1.54, 1.807) is 0 Å². The number of rotatable bonds is 6. The van der Waals surface area contributed by atoms with Crippen molar-refractivity contribution < 1.29 is 0 Å². The van der Waals surface area contributed by atoms with Crippen molar-refractivity contribution in [3.05, 3.63) is 231 Å². The summed E-state index contributed by atoms with van der Waals surface area (Å²) in [5.41, 5.74) is 16.7. The highest BCUT2D eigenvalue weighted by atomic mass is 15.0. The van der Waals surface area contributed by atoms with Crippen molar-refractivity contribution in [1.82, 2.24) is 9.13 Å². The maximum Gasteiger partial charge on any atom is 0.0619 e. The smallest absolute Gasteiger partial charge is 0.0619 e. The lowest BCUT2D eigenvalue weighted by Crippen LogP contribution is -1.99. The Bertz CT molecular complexity index is 3480. The molecule has 2 aromatic heterocycles. The Morgan fingerprint density at radius 1 is 0.250 bits per heavy atom. The van der Waals surface area contributed by atoms with Crippen LogP contribution in [0.1, 0.15) is 0 Å². The lowest BCUT2D eigenvalue weighted by atomic mass is 9.92. The first-order valence-electron chi connectivity index (χ1n) is 20.7. The van der Waals surface area contributed by atoms with Gasteiger partial charge in [0.2, 0.25) is 0 Å². The Labute approximate surface area is 348 Å². The fraction of sp³-hybridized carbons (Fsp3) is 0. The molecule has 0 saturated carbocycles. The Morgan fingerprint density at radius 3 is 1.42 bits per heavy atom. The molecule has 12 rings (SSSR count). The molecule has 0 N–H and O–H groups in total. The minimum Gasteiger partial charge on any atom is -0.309 e. The normalized spacial score (nSPS) is 11.7. The fourth-order valence-electron chi connectivity index (χ4n) is 9.63. The number of benzene rings is 10. The van der Waals surface area contributed by atoms with Crippen LogP contribution in [-0.4, -0.2) is 9.13 Å². The molecule has 0 aliphatic rings. The van der Waals surface area contributed by atoms with E-state index in [0.717, 1.165) is 11.4 Å². The molecule has 0 spiro atoms. The molecule has 2 heterocycles. The van der Waals surface area contributed by atoms with Gasteiger partial charge in [-0.3, -0.25) is 0 Å². The lowest BCUT2D eigenvalue weighted by molar-refractivity contribution is 1.18. The number of fused-ring (bicyclic) bond motifs is 8. The van der Waals surface area contributed by atoms with Crippen molar-refractivity contribution in [2.75, 3.05) is 0 Å². The molecule has 0 aliphatic heterocycles. The van der Waals surface area contributed by atoms with E-state index in [0.29, 0.717) is 0 Å². The van der Waals surface area contributed by atoms with E-state index in [-0.39, 0.29) is 0 Å². The highest BCUT2D eigenvalue weighted by Gasteiger charge is 2.22. The second kappa shape index (κ2) is 13.9. The number of aromatic nitrogens is 2. The average Bonchev–Trinajstić information content (AvgIpc) is 3.85. The van der Waals surface area contributed by atoms with Crippen LogP contribution in [0.15, 0.2) is 231 Å². The van der Waals surface area contributed by atoms with Crippen molar-refractivity contribution in [3.63, 3.8) is 0 Å². The van der Waals surface area contributed by atoms with Crippen LogP contribution >= 0.6 is 0 Å². The molecule has 0 radical (unpaired) electrons. The molecule has 0 atom stereocenters. The van der Waals surface area contributed by atoms with Crippen LogP contribution < -0.4 is 0 Å². The first kappa shape index (κ1) is 34.1. The summed E-state index contributed by atoms with van der Waals surface area (Å²) < 4.78 is 4.97. The largest absolute Gasteiger partial charge is 0.309 e. The van der Waals surface area contributed by atoms with Crippen LogP contribution in [-0.2, 0) is 0 Å². The van der Waals surface area contributed by atoms with E-state index in [1.165, 1.54) is 98.9 Å². The Hall–Kier alpha value is -7.94. The molecular formula is C58H38N2. The predicted molar refractivity (Wildman–Crippen MR) is 254 cm³/mol. The summed E-state index contributed by atoms with van der Waals surface area (Å²) in [6.45, 7) is 0. The second-order valence-electron chi connectivity index (χ2n) is 15.6. The zero-order valence-electron chi connectivity index (χ0n) is 32.8. The molecule has 0 aliphatic carbocycles.